The number of anilines is 2. The molecule has 0 atom stereocenters. The lowest BCUT2D eigenvalue weighted by Gasteiger charge is -2.09. The van der Waals surface area contributed by atoms with Crippen LogP contribution in [-0.4, -0.2) is 28.5 Å². The van der Waals surface area contributed by atoms with Crippen molar-refractivity contribution in [2.24, 2.45) is 0 Å². The van der Waals surface area contributed by atoms with Gasteiger partial charge in [0.1, 0.15) is 18.0 Å². The van der Waals surface area contributed by atoms with Gasteiger partial charge in [0.25, 0.3) is 0 Å². The first-order chi connectivity index (χ1) is 7.66. The van der Waals surface area contributed by atoms with E-state index in [1.807, 2.05) is 6.92 Å². The van der Waals surface area contributed by atoms with Crippen LogP contribution in [-0.2, 0) is 4.79 Å². The molecule has 0 radical (unpaired) electrons. The highest BCUT2D eigenvalue weighted by Gasteiger charge is 2.22. The van der Waals surface area contributed by atoms with E-state index in [-0.39, 0.29) is 12.5 Å². The van der Waals surface area contributed by atoms with Crippen LogP contribution in [0.3, 0.4) is 0 Å². The number of carbonyl (C=O) groups excluding carboxylic acids is 1. The maximum absolute atomic E-state index is 11.4. The monoisotopic (exact) mass is 221 g/mol. The molecule has 4 N–H and O–H groups in total. The molecule has 6 heteroatoms. The summed E-state index contributed by atoms with van der Waals surface area (Å²) < 4.78 is 0. The lowest BCUT2D eigenvalue weighted by atomic mass is 10.3. The summed E-state index contributed by atoms with van der Waals surface area (Å²) >= 11 is 0. The van der Waals surface area contributed by atoms with Gasteiger partial charge in [0.15, 0.2) is 0 Å². The highest BCUT2D eigenvalue weighted by atomic mass is 16.2. The minimum absolute atomic E-state index is 0.0147. The molecule has 0 aromatic carbocycles. The fourth-order valence-electron chi connectivity index (χ4n) is 1.31. The molecule has 1 aromatic heterocycles. The van der Waals surface area contributed by atoms with Crippen molar-refractivity contribution >= 4 is 17.5 Å². The molecule has 2 rings (SSSR count). The second kappa shape index (κ2) is 4.34. The van der Waals surface area contributed by atoms with Crippen molar-refractivity contribution in [1.29, 1.82) is 0 Å². The molecule has 86 valence electrons. The minimum Gasteiger partial charge on any atom is -0.383 e. The van der Waals surface area contributed by atoms with E-state index in [0.29, 0.717) is 17.7 Å². The molecular weight excluding hydrogens is 206 g/mol. The normalized spacial score (nSPS) is 14.6. The number of hydrogen-bond donors (Lipinski definition) is 3. The number of hydrogen-bond acceptors (Lipinski definition) is 5. The predicted octanol–water partition coefficient (Wildman–Crippen LogP) is 0.0577. The van der Waals surface area contributed by atoms with Crippen molar-refractivity contribution in [1.82, 2.24) is 15.3 Å². The van der Waals surface area contributed by atoms with E-state index in [1.165, 1.54) is 6.33 Å². The number of nitrogens with one attached hydrogen (secondary N) is 2. The zero-order valence-corrected chi connectivity index (χ0v) is 9.16. The van der Waals surface area contributed by atoms with E-state index in [0.717, 1.165) is 18.4 Å². The smallest absolute Gasteiger partial charge is 0.239 e. The zero-order chi connectivity index (χ0) is 11.5. The average Bonchev–Trinajstić information content (AvgIpc) is 3.04. The van der Waals surface area contributed by atoms with Crippen LogP contribution in [0.15, 0.2) is 6.33 Å². The second-order valence-electron chi connectivity index (χ2n) is 3.93. The van der Waals surface area contributed by atoms with E-state index in [9.17, 15) is 4.79 Å². The molecule has 1 heterocycles. The minimum atomic E-state index is -0.0147. The van der Waals surface area contributed by atoms with Crippen LogP contribution in [0.4, 0.5) is 11.6 Å². The van der Waals surface area contributed by atoms with Crippen LogP contribution in [0.5, 0.6) is 0 Å². The van der Waals surface area contributed by atoms with Crippen LogP contribution in [0, 0.1) is 6.92 Å². The Balaban J connectivity index is 1.88. The number of nitrogens with zero attached hydrogens (tertiary/aromatic N) is 2. The molecule has 6 nitrogen and oxygen atoms in total. The summed E-state index contributed by atoms with van der Waals surface area (Å²) in [4.78, 5) is 19.3. The van der Waals surface area contributed by atoms with Crippen LogP contribution in [0.25, 0.3) is 0 Å². The standard InChI is InChI=1S/C10H15N5O/c1-6-9(11)13-5-14-10(6)12-4-8(16)15-7-2-3-7/h5,7H,2-4H2,1H3,(H,15,16)(H3,11,12,13,14). The van der Waals surface area contributed by atoms with Gasteiger partial charge < -0.3 is 16.4 Å². The van der Waals surface area contributed by atoms with E-state index >= 15 is 0 Å². The third-order valence-corrected chi connectivity index (χ3v) is 2.48. The summed E-state index contributed by atoms with van der Waals surface area (Å²) in [7, 11) is 0. The van der Waals surface area contributed by atoms with Gasteiger partial charge in [0.05, 0.1) is 6.54 Å². The largest absolute Gasteiger partial charge is 0.383 e. The molecule has 0 spiro atoms. The van der Waals surface area contributed by atoms with E-state index in [2.05, 4.69) is 20.6 Å². The third-order valence-electron chi connectivity index (χ3n) is 2.48. The van der Waals surface area contributed by atoms with E-state index < -0.39 is 0 Å². The van der Waals surface area contributed by atoms with Gasteiger partial charge in [-0.15, -0.1) is 0 Å². The molecule has 1 saturated carbocycles. The van der Waals surface area contributed by atoms with Gasteiger partial charge in [0.2, 0.25) is 5.91 Å². The van der Waals surface area contributed by atoms with Gasteiger partial charge in [-0.3, -0.25) is 4.79 Å². The second-order valence-corrected chi connectivity index (χ2v) is 3.93. The van der Waals surface area contributed by atoms with Gasteiger partial charge in [-0.2, -0.15) is 0 Å². The maximum atomic E-state index is 11.4. The van der Waals surface area contributed by atoms with E-state index in [4.69, 9.17) is 5.73 Å². The number of nitrogen functional groups attached to an aromatic ring is 1. The lowest BCUT2D eigenvalue weighted by Crippen LogP contribution is -2.31. The Morgan fingerprint density at radius 3 is 3.00 bits per heavy atom. The molecule has 0 bridgehead atoms. The number of amides is 1. The Labute approximate surface area is 93.7 Å². The van der Waals surface area contributed by atoms with Gasteiger partial charge >= 0.3 is 0 Å². The van der Waals surface area contributed by atoms with Crippen molar-refractivity contribution in [3.63, 3.8) is 0 Å². The summed E-state index contributed by atoms with van der Waals surface area (Å²) in [6, 6.07) is 0.380. The maximum Gasteiger partial charge on any atom is 0.239 e. The zero-order valence-electron chi connectivity index (χ0n) is 9.16. The summed E-state index contributed by atoms with van der Waals surface area (Å²) in [5.41, 5.74) is 6.39. The molecule has 0 unspecified atom stereocenters. The Morgan fingerprint density at radius 1 is 1.56 bits per heavy atom. The first-order valence-electron chi connectivity index (χ1n) is 5.27. The van der Waals surface area contributed by atoms with Crippen molar-refractivity contribution in [3.8, 4) is 0 Å². The molecule has 1 fully saturated rings. The molecule has 0 aliphatic heterocycles. The first-order valence-corrected chi connectivity index (χ1v) is 5.27. The summed E-state index contributed by atoms with van der Waals surface area (Å²) in [6.45, 7) is 2.03. The Morgan fingerprint density at radius 2 is 2.31 bits per heavy atom. The van der Waals surface area contributed by atoms with Crippen LogP contribution < -0.4 is 16.4 Å². The molecule has 1 aliphatic rings. The van der Waals surface area contributed by atoms with E-state index in [1.54, 1.807) is 0 Å². The molecule has 1 amide bonds. The van der Waals surface area contributed by atoms with Gasteiger partial charge in [0, 0.05) is 11.6 Å². The fraction of sp³-hybridized carbons (Fsp3) is 0.500. The fourth-order valence-corrected chi connectivity index (χ4v) is 1.31. The molecule has 16 heavy (non-hydrogen) atoms. The lowest BCUT2D eigenvalue weighted by molar-refractivity contribution is -0.119. The van der Waals surface area contributed by atoms with Crippen molar-refractivity contribution in [2.75, 3.05) is 17.6 Å². The average molecular weight is 221 g/mol. The quantitative estimate of drug-likeness (QED) is 0.668. The topological polar surface area (TPSA) is 92.9 Å². The molecule has 1 aliphatic carbocycles. The third kappa shape index (κ3) is 2.59. The van der Waals surface area contributed by atoms with Crippen molar-refractivity contribution in [3.05, 3.63) is 11.9 Å². The highest BCUT2D eigenvalue weighted by molar-refractivity contribution is 5.81. The SMILES string of the molecule is Cc1c(N)ncnc1NCC(=O)NC1CC1. The van der Waals surface area contributed by atoms with Crippen LogP contribution in [0.1, 0.15) is 18.4 Å². The number of carbonyl (C=O) groups is 1. The Hall–Kier alpha value is -1.85. The number of aromatic nitrogens is 2. The van der Waals surface area contributed by atoms with Gasteiger partial charge in [-0.1, -0.05) is 0 Å². The first kappa shape index (κ1) is 10.7. The summed E-state index contributed by atoms with van der Waals surface area (Å²) in [6.07, 6.45) is 3.56. The van der Waals surface area contributed by atoms with Crippen LogP contribution in [0.2, 0.25) is 0 Å². The summed E-state index contributed by atoms with van der Waals surface area (Å²) in [5.74, 6) is 1.03. The Bertz CT molecular complexity index is 402. The van der Waals surface area contributed by atoms with Crippen molar-refractivity contribution in [2.45, 2.75) is 25.8 Å². The molecule has 1 aromatic rings. The van der Waals surface area contributed by atoms with Gasteiger partial charge in [-0.05, 0) is 19.8 Å². The van der Waals surface area contributed by atoms with Crippen molar-refractivity contribution < 1.29 is 4.79 Å². The Kier molecular flexibility index (Phi) is 2.89. The highest BCUT2D eigenvalue weighted by Crippen LogP contribution is 2.18. The van der Waals surface area contributed by atoms with Gasteiger partial charge in [-0.25, -0.2) is 9.97 Å². The predicted molar refractivity (Wildman–Crippen MR) is 60.8 cm³/mol. The van der Waals surface area contributed by atoms with Crippen LogP contribution >= 0.6 is 0 Å². The molecule has 0 saturated heterocycles. The summed E-state index contributed by atoms with van der Waals surface area (Å²) in [5, 5.41) is 5.83. The number of rotatable bonds is 4. The molecular formula is C10H15N5O. The number of nitrogens with two attached hydrogens (primary N) is 1.